The van der Waals surface area contributed by atoms with E-state index in [4.69, 9.17) is 9.47 Å². The molecule has 0 saturated carbocycles. The molecule has 0 bridgehead atoms. The molecule has 1 N–H and O–H groups in total. The maximum atomic E-state index is 12.8. The summed E-state index contributed by atoms with van der Waals surface area (Å²) in [5, 5.41) is 2.62. The highest BCUT2D eigenvalue weighted by molar-refractivity contribution is 5.92. The van der Waals surface area contributed by atoms with E-state index in [1.54, 1.807) is 43.5 Å². The molecule has 126 valence electrons. The van der Waals surface area contributed by atoms with Gasteiger partial charge in [-0.1, -0.05) is 12.1 Å². The number of aryl methyl sites for hydroxylation is 1. The minimum absolute atomic E-state index is 0.126. The first-order valence-corrected chi connectivity index (χ1v) is 7.41. The van der Waals surface area contributed by atoms with E-state index < -0.39 is 11.9 Å². The molecule has 0 saturated heterocycles. The van der Waals surface area contributed by atoms with Crippen LogP contribution in [0.1, 0.15) is 12.0 Å². The highest BCUT2D eigenvalue weighted by Crippen LogP contribution is 2.14. The molecule has 0 unspecified atom stereocenters. The summed E-state index contributed by atoms with van der Waals surface area (Å²) >= 11 is 0. The molecule has 5 nitrogen and oxygen atoms in total. The van der Waals surface area contributed by atoms with Crippen LogP contribution in [-0.2, 0) is 20.7 Å². The molecule has 0 fully saturated rings. The predicted octanol–water partition coefficient (Wildman–Crippen LogP) is 2.95. The van der Waals surface area contributed by atoms with Gasteiger partial charge in [0, 0.05) is 12.1 Å². The van der Waals surface area contributed by atoms with Crippen molar-refractivity contribution in [1.82, 2.24) is 0 Å². The summed E-state index contributed by atoms with van der Waals surface area (Å²) in [6.45, 7) is -0.353. The second-order valence-electron chi connectivity index (χ2n) is 5.06. The highest BCUT2D eigenvalue weighted by atomic mass is 19.1. The summed E-state index contributed by atoms with van der Waals surface area (Å²) in [6.07, 6.45) is 0.556. The number of nitrogens with one attached hydrogen (secondary N) is 1. The first-order valence-electron chi connectivity index (χ1n) is 7.41. The molecule has 0 aliphatic carbocycles. The smallest absolute Gasteiger partial charge is 0.306 e. The molecule has 2 aromatic carbocycles. The van der Waals surface area contributed by atoms with Gasteiger partial charge in [0.05, 0.1) is 7.11 Å². The van der Waals surface area contributed by atoms with Gasteiger partial charge in [-0.15, -0.1) is 0 Å². The SMILES string of the molecule is COc1ccc(NC(=O)COC(=O)CCc2ccc(F)cc2)cc1. The molecule has 0 spiro atoms. The molecule has 2 aromatic rings. The number of hydrogen-bond donors (Lipinski definition) is 1. The lowest BCUT2D eigenvalue weighted by Gasteiger charge is -2.07. The number of anilines is 1. The molecule has 0 aliphatic heterocycles. The monoisotopic (exact) mass is 331 g/mol. The van der Waals surface area contributed by atoms with Crippen LogP contribution in [0.15, 0.2) is 48.5 Å². The Hall–Kier alpha value is -2.89. The Morgan fingerprint density at radius 2 is 1.71 bits per heavy atom. The van der Waals surface area contributed by atoms with Crippen molar-refractivity contribution in [3.05, 3.63) is 59.9 Å². The van der Waals surface area contributed by atoms with Crippen molar-refractivity contribution in [2.75, 3.05) is 19.0 Å². The zero-order valence-corrected chi connectivity index (χ0v) is 13.3. The van der Waals surface area contributed by atoms with Gasteiger partial charge in [0.1, 0.15) is 11.6 Å². The minimum Gasteiger partial charge on any atom is -0.497 e. The standard InChI is InChI=1S/C18H18FNO4/c1-23-16-9-7-15(8-10-16)20-17(21)12-24-18(22)11-4-13-2-5-14(19)6-3-13/h2-3,5-10H,4,11-12H2,1H3,(H,20,21). The number of carbonyl (C=O) groups is 2. The largest absolute Gasteiger partial charge is 0.497 e. The van der Waals surface area contributed by atoms with Crippen molar-refractivity contribution >= 4 is 17.6 Å². The average molecular weight is 331 g/mol. The summed E-state index contributed by atoms with van der Waals surface area (Å²) in [4.78, 5) is 23.4. The van der Waals surface area contributed by atoms with E-state index in [1.165, 1.54) is 12.1 Å². The van der Waals surface area contributed by atoms with Crippen LogP contribution >= 0.6 is 0 Å². The first kappa shape index (κ1) is 17.5. The lowest BCUT2D eigenvalue weighted by Crippen LogP contribution is -2.21. The number of ether oxygens (including phenoxy) is 2. The van der Waals surface area contributed by atoms with Crippen molar-refractivity contribution in [3.8, 4) is 5.75 Å². The van der Waals surface area contributed by atoms with Crippen molar-refractivity contribution in [1.29, 1.82) is 0 Å². The van der Waals surface area contributed by atoms with Crippen molar-refractivity contribution in [2.45, 2.75) is 12.8 Å². The number of halogens is 1. The van der Waals surface area contributed by atoms with Gasteiger partial charge in [-0.05, 0) is 48.4 Å². The number of benzene rings is 2. The average Bonchev–Trinajstić information content (AvgIpc) is 2.60. The molecular formula is C18H18FNO4. The number of hydrogen-bond acceptors (Lipinski definition) is 4. The molecule has 0 aromatic heterocycles. The molecule has 0 atom stereocenters. The topological polar surface area (TPSA) is 64.6 Å². The van der Waals surface area contributed by atoms with Crippen LogP contribution in [0.5, 0.6) is 5.75 Å². The Morgan fingerprint density at radius 1 is 1.04 bits per heavy atom. The molecule has 24 heavy (non-hydrogen) atoms. The lowest BCUT2D eigenvalue weighted by molar-refractivity contribution is -0.147. The normalized spacial score (nSPS) is 10.1. The number of amides is 1. The van der Waals surface area contributed by atoms with E-state index in [0.29, 0.717) is 17.9 Å². The van der Waals surface area contributed by atoms with Gasteiger partial charge >= 0.3 is 5.97 Å². The van der Waals surface area contributed by atoms with Crippen LogP contribution in [0.4, 0.5) is 10.1 Å². The van der Waals surface area contributed by atoms with Gasteiger partial charge in [-0.3, -0.25) is 9.59 Å². The molecule has 6 heteroatoms. The van der Waals surface area contributed by atoms with E-state index in [9.17, 15) is 14.0 Å². The Labute approximate surface area is 139 Å². The van der Waals surface area contributed by atoms with Crippen molar-refractivity contribution in [3.63, 3.8) is 0 Å². The summed E-state index contributed by atoms with van der Waals surface area (Å²) in [7, 11) is 1.55. The van der Waals surface area contributed by atoms with Crippen LogP contribution in [0.2, 0.25) is 0 Å². The molecular weight excluding hydrogens is 313 g/mol. The predicted molar refractivity (Wildman–Crippen MR) is 87.3 cm³/mol. The third kappa shape index (κ3) is 5.72. The summed E-state index contributed by atoms with van der Waals surface area (Å²) < 4.78 is 22.7. The molecule has 2 rings (SSSR count). The fourth-order valence-corrected chi connectivity index (χ4v) is 1.99. The third-order valence-electron chi connectivity index (χ3n) is 3.27. The maximum Gasteiger partial charge on any atom is 0.306 e. The van der Waals surface area contributed by atoms with Crippen LogP contribution in [-0.4, -0.2) is 25.6 Å². The van der Waals surface area contributed by atoms with Crippen molar-refractivity contribution in [2.24, 2.45) is 0 Å². The molecule has 1 amide bonds. The van der Waals surface area contributed by atoms with E-state index in [-0.39, 0.29) is 18.8 Å². The lowest BCUT2D eigenvalue weighted by atomic mass is 10.1. The Morgan fingerprint density at radius 3 is 2.33 bits per heavy atom. The van der Waals surface area contributed by atoms with Gasteiger partial charge in [0.25, 0.3) is 5.91 Å². The van der Waals surface area contributed by atoms with Crippen LogP contribution < -0.4 is 10.1 Å². The fourth-order valence-electron chi connectivity index (χ4n) is 1.99. The Bertz CT molecular complexity index is 683. The van der Waals surface area contributed by atoms with Crippen LogP contribution in [0.3, 0.4) is 0 Å². The quantitative estimate of drug-likeness (QED) is 0.792. The molecule has 0 heterocycles. The number of esters is 1. The molecule has 0 aliphatic rings. The zero-order chi connectivity index (χ0) is 17.4. The minimum atomic E-state index is -0.482. The first-order chi connectivity index (χ1) is 11.6. The second-order valence-corrected chi connectivity index (χ2v) is 5.06. The van der Waals surface area contributed by atoms with Gasteiger partial charge in [-0.25, -0.2) is 4.39 Å². The van der Waals surface area contributed by atoms with Gasteiger partial charge in [0.15, 0.2) is 6.61 Å². The summed E-state index contributed by atoms with van der Waals surface area (Å²) in [5.41, 5.74) is 1.42. The van der Waals surface area contributed by atoms with E-state index in [0.717, 1.165) is 5.56 Å². The Kier molecular flexibility index (Phi) is 6.31. The summed E-state index contributed by atoms with van der Waals surface area (Å²) in [6, 6.07) is 12.7. The van der Waals surface area contributed by atoms with Crippen molar-refractivity contribution < 1.29 is 23.5 Å². The highest BCUT2D eigenvalue weighted by Gasteiger charge is 2.08. The zero-order valence-electron chi connectivity index (χ0n) is 13.3. The van der Waals surface area contributed by atoms with Crippen LogP contribution in [0, 0.1) is 5.82 Å². The third-order valence-corrected chi connectivity index (χ3v) is 3.27. The summed E-state index contributed by atoms with van der Waals surface area (Å²) in [5.74, 6) is -0.545. The van der Waals surface area contributed by atoms with Gasteiger partial charge in [0.2, 0.25) is 0 Å². The number of methoxy groups -OCH3 is 1. The van der Waals surface area contributed by atoms with Gasteiger partial charge < -0.3 is 14.8 Å². The second kappa shape index (κ2) is 8.67. The number of rotatable bonds is 7. The van der Waals surface area contributed by atoms with E-state index in [2.05, 4.69) is 5.32 Å². The van der Waals surface area contributed by atoms with E-state index >= 15 is 0 Å². The maximum absolute atomic E-state index is 12.8. The van der Waals surface area contributed by atoms with Gasteiger partial charge in [-0.2, -0.15) is 0 Å². The van der Waals surface area contributed by atoms with E-state index in [1.807, 2.05) is 0 Å². The Balaban J connectivity index is 1.70. The fraction of sp³-hybridized carbons (Fsp3) is 0.222. The number of carbonyl (C=O) groups excluding carboxylic acids is 2. The van der Waals surface area contributed by atoms with Crippen LogP contribution in [0.25, 0.3) is 0 Å². The molecule has 0 radical (unpaired) electrons.